The van der Waals surface area contributed by atoms with E-state index in [4.69, 9.17) is 9.47 Å². The SMILES string of the molecule is COC1(OC)CCC2(C)C3CCC4(C)CCC[C@H]4C3CC[C@H]2C1. The van der Waals surface area contributed by atoms with Crippen molar-refractivity contribution in [3.05, 3.63) is 0 Å². The van der Waals surface area contributed by atoms with Crippen molar-refractivity contribution in [3.8, 4) is 0 Å². The molecule has 132 valence electrons. The molecule has 0 N–H and O–H groups in total. The number of fused-ring (bicyclic) bond motifs is 5. The summed E-state index contributed by atoms with van der Waals surface area (Å²) in [4.78, 5) is 0. The summed E-state index contributed by atoms with van der Waals surface area (Å²) in [6.07, 6.45) is 13.8. The maximum atomic E-state index is 5.82. The fourth-order valence-corrected chi connectivity index (χ4v) is 7.64. The van der Waals surface area contributed by atoms with Crippen molar-refractivity contribution < 1.29 is 9.47 Å². The molecule has 0 aromatic heterocycles. The average Bonchev–Trinajstić information content (AvgIpc) is 2.96. The van der Waals surface area contributed by atoms with E-state index in [0.717, 1.165) is 36.5 Å². The Bertz CT molecular complexity index is 457. The molecule has 0 bridgehead atoms. The van der Waals surface area contributed by atoms with E-state index in [2.05, 4.69) is 13.8 Å². The molecule has 0 aromatic carbocycles. The third-order valence-corrected chi connectivity index (χ3v) is 9.19. The molecule has 4 aliphatic carbocycles. The molecule has 0 radical (unpaired) electrons. The van der Waals surface area contributed by atoms with Crippen LogP contribution in [-0.2, 0) is 9.47 Å². The molecule has 4 rings (SSSR count). The van der Waals surface area contributed by atoms with Crippen molar-refractivity contribution in [2.75, 3.05) is 14.2 Å². The van der Waals surface area contributed by atoms with Crippen LogP contribution in [0.25, 0.3) is 0 Å². The molecule has 2 heteroatoms. The highest BCUT2D eigenvalue weighted by atomic mass is 16.7. The number of ether oxygens (including phenoxy) is 2. The van der Waals surface area contributed by atoms with E-state index < -0.39 is 0 Å². The van der Waals surface area contributed by atoms with Gasteiger partial charge in [-0.2, -0.15) is 0 Å². The monoisotopic (exact) mass is 320 g/mol. The van der Waals surface area contributed by atoms with Gasteiger partial charge < -0.3 is 9.47 Å². The Labute approximate surface area is 142 Å². The van der Waals surface area contributed by atoms with Gasteiger partial charge in [0, 0.05) is 27.1 Å². The van der Waals surface area contributed by atoms with Crippen molar-refractivity contribution in [2.24, 2.45) is 34.5 Å². The van der Waals surface area contributed by atoms with Crippen molar-refractivity contribution in [2.45, 2.75) is 83.8 Å². The molecule has 0 amide bonds. The zero-order valence-electron chi connectivity index (χ0n) is 15.7. The molecule has 23 heavy (non-hydrogen) atoms. The lowest BCUT2D eigenvalue weighted by Gasteiger charge is -2.61. The zero-order chi connectivity index (χ0) is 16.3. The lowest BCUT2D eigenvalue weighted by Crippen LogP contribution is -2.56. The summed E-state index contributed by atoms with van der Waals surface area (Å²) in [7, 11) is 3.67. The quantitative estimate of drug-likeness (QED) is 0.633. The summed E-state index contributed by atoms with van der Waals surface area (Å²) in [6.45, 7) is 5.23. The summed E-state index contributed by atoms with van der Waals surface area (Å²) in [6, 6.07) is 0. The summed E-state index contributed by atoms with van der Waals surface area (Å²) in [5, 5.41) is 0. The highest BCUT2D eigenvalue weighted by Crippen LogP contribution is 2.67. The van der Waals surface area contributed by atoms with Crippen molar-refractivity contribution in [3.63, 3.8) is 0 Å². The smallest absolute Gasteiger partial charge is 0.167 e. The standard InChI is InChI=1S/C21H36O2/c1-19-10-5-6-17(19)16-8-7-15-14-21(22-3,23-4)13-12-20(15,2)18(16)9-11-19/h15-18H,5-14H2,1-4H3/t15-,16?,17-,18?,19?,20?/m0/s1. The van der Waals surface area contributed by atoms with Gasteiger partial charge in [0.1, 0.15) is 0 Å². The van der Waals surface area contributed by atoms with Crippen LogP contribution < -0.4 is 0 Å². The van der Waals surface area contributed by atoms with Crippen LogP contribution in [0.1, 0.15) is 78.1 Å². The van der Waals surface area contributed by atoms with Crippen molar-refractivity contribution in [1.29, 1.82) is 0 Å². The first-order valence-corrected chi connectivity index (χ1v) is 10.1. The van der Waals surface area contributed by atoms with Crippen LogP contribution in [0.2, 0.25) is 0 Å². The van der Waals surface area contributed by atoms with Crippen LogP contribution >= 0.6 is 0 Å². The van der Waals surface area contributed by atoms with Crippen LogP contribution in [-0.4, -0.2) is 20.0 Å². The lowest BCUT2D eigenvalue weighted by molar-refractivity contribution is -0.261. The fourth-order valence-electron chi connectivity index (χ4n) is 7.64. The Morgan fingerprint density at radius 1 is 0.783 bits per heavy atom. The highest BCUT2D eigenvalue weighted by molar-refractivity contribution is 5.08. The molecule has 6 atom stereocenters. The second kappa shape index (κ2) is 5.46. The van der Waals surface area contributed by atoms with Gasteiger partial charge in [-0.15, -0.1) is 0 Å². The number of hydrogen-bond acceptors (Lipinski definition) is 2. The summed E-state index contributed by atoms with van der Waals surface area (Å²) >= 11 is 0. The molecule has 0 spiro atoms. The van der Waals surface area contributed by atoms with E-state index in [1.165, 1.54) is 51.4 Å². The minimum absolute atomic E-state index is 0.298. The van der Waals surface area contributed by atoms with Gasteiger partial charge in [0.25, 0.3) is 0 Å². The van der Waals surface area contributed by atoms with Gasteiger partial charge >= 0.3 is 0 Å². The van der Waals surface area contributed by atoms with E-state index >= 15 is 0 Å². The first kappa shape index (κ1) is 16.4. The van der Waals surface area contributed by atoms with E-state index in [9.17, 15) is 0 Å². The van der Waals surface area contributed by atoms with Gasteiger partial charge in [-0.25, -0.2) is 0 Å². The summed E-state index contributed by atoms with van der Waals surface area (Å²) in [5.74, 6) is 3.49. The Kier molecular flexibility index (Phi) is 3.89. The van der Waals surface area contributed by atoms with E-state index in [1.807, 2.05) is 14.2 Å². The first-order valence-electron chi connectivity index (χ1n) is 10.1. The Morgan fingerprint density at radius 2 is 1.57 bits per heavy atom. The van der Waals surface area contributed by atoms with Gasteiger partial charge in [0.2, 0.25) is 0 Å². The second-order valence-electron chi connectivity index (χ2n) is 9.76. The second-order valence-corrected chi connectivity index (χ2v) is 9.76. The minimum atomic E-state index is -0.298. The van der Waals surface area contributed by atoms with E-state index in [0.29, 0.717) is 10.8 Å². The van der Waals surface area contributed by atoms with Crippen LogP contribution in [0, 0.1) is 34.5 Å². The van der Waals surface area contributed by atoms with Gasteiger partial charge in [-0.3, -0.25) is 0 Å². The van der Waals surface area contributed by atoms with Gasteiger partial charge in [0.05, 0.1) is 0 Å². The summed E-state index contributed by atoms with van der Waals surface area (Å²) in [5.41, 5.74) is 1.22. The number of methoxy groups -OCH3 is 2. The number of hydrogen-bond donors (Lipinski definition) is 0. The Balaban J connectivity index is 1.59. The minimum Gasteiger partial charge on any atom is -0.353 e. The Morgan fingerprint density at radius 3 is 2.30 bits per heavy atom. The molecule has 0 heterocycles. The maximum Gasteiger partial charge on any atom is 0.167 e. The van der Waals surface area contributed by atoms with Crippen LogP contribution in [0.5, 0.6) is 0 Å². The third kappa shape index (κ3) is 2.27. The molecule has 4 fully saturated rings. The highest BCUT2D eigenvalue weighted by Gasteiger charge is 2.59. The van der Waals surface area contributed by atoms with Crippen molar-refractivity contribution >= 4 is 0 Å². The molecular formula is C21H36O2. The average molecular weight is 321 g/mol. The Hall–Kier alpha value is -0.0800. The fraction of sp³-hybridized carbons (Fsp3) is 1.00. The third-order valence-electron chi connectivity index (χ3n) is 9.19. The molecule has 2 nitrogen and oxygen atoms in total. The molecular weight excluding hydrogens is 284 g/mol. The molecule has 0 aliphatic heterocycles. The van der Waals surface area contributed by atoms with Crippen LogP contribution in [0.15, 0.2) is 0 Å². The zero-order valence-corrected chi connectivity index (χ0v) is 15.7. The molecule has 4 aliphatic rings. The predicted molar refractivity (Wildman–Crippen MR) is 93.1 cm³/mol. The van der Waals surface area contributed by atoms with Crippen molar-refractivity contribution in [1.82, 2.24) is 0 Å². The van der Waals surface area contributed by atoms with Gasteiger partial charge in [-0.05, 0) is 79.4 Å². The normalized spacial score (nSPS) is 51.7. The molecule has 4 saturated carbocycles. The van der Waals surface area contributed by atoms with Gasteiger partial charge in [0.15, 0.2) is 5.79 Å². The van der Waals surface area contributed by atoms with Crippen LogP contribution in [0.4, 0.5) is 0 Å². The lowest BCUT2D eigenvalue weighted by atomic mass is 9.45. The largest absolute Gasteiger partial charge is 0.353 e. The predicted octanol–water partition coefficient (Wildman–Crippen LogP) is 5.41. The summed E-state index contributed by atoms with van der Waals surface area (Å²) < 4.78 is 11.6. The molecule has 0 saturated heterocycles. The van der Waals surface area contributed by atoms with Crippen LogP contribution in [0.3, 0.4) is 0 Å². The van der Waals surface area contributed by atoms with Gasteiger partial charge in [-0.1, -0.05) is 20.3 Å². The van der Waals surface area contributed by atoms with E-state index in [-0.39, 0.29) is 5.79 Å². The maximum absolute atomic E-state index is 5.82. The van der Waals surface area contributed by atoms with E-state index in [1.54, 1.807) is 0 Å². The number of rotatable bonds is 2. The topological polar surface area (TPSA) is 18.5 Å². The molecule has 0 aromatic rings. The first-order chi connectivity index (χ1) is 11.0. The molecule has 4 unspecified atom stereocenters.